The Kier molecular flexibility index (Phi) is 6.48. The van der Waals surface area contributed by atoms with Crippen molar-refractivity contribution in [2.45, 2.75) is 19.5 Å². The summed E-state index contributed by atoms with van der Waals surface area (Å²) in [6, 6.07) is 9.18. The lowest BCUT2D eigenvalue weighted by molar-refractivity contribution is -0.131. The fourth-order valence-electron chi connectivity index (χ4n) is 1.81. The van der Waals surface area contributed by atoms with Gasteiger partial charge in [0.2, 0.25) is 11.8 Å². The maximum absolute atomic E-state index is 11.8. The SMILES string of the molecule is CC(NC(=O)C1CNC1)C(=O)NCc1ccccc1.Cl. The predicted molar refractivity (Wildman–Crippen MR) is 79.5 cm³/mol. The highest BCUT2D eigenvalue weighted by molar-refractivity contribution is 5.88. The smallest absolute Gasteiger partial charge is 0.242 e. The summed E-state index contributed by atoms with van der Waals surface area (Å²) < 4.78 is 0. The standard InChI is InChI=1S/C14H19N3O2.ClH/c1-10(17-14(19)12-8-15-9-12)13(18)16-7-11-5-3-2-4-6-11;/h2-6,10,12,15H,7-9H2,1H3,(H,16,18)(H,17,19);1H. The van der Waals surface area contributed by atoms with E-state index in [1.807, 2.05) is 30.3 Å². The number of hydrogen-bond acceptors (Lipinski definition) is 3. The van der Waals surface area contributed by atoms with Crippen LogP contribution in [0.15, 0.2) is 30.3 Å². The maximum atomic E-state index is 11.8. The second kappa shape index (κ2) is 7.87. The molecule has 1 aliphatic heterocycles. The van der Waals surface area contributed by atoms with Crippen molar-refractivity contribution in [1.29, 1.82) is 0 Å². The minimum absolute atomic E-state index is 0. The van der Waals surface area contributed by atoms with Crippen LogP contribution in [0.3, 0.4) is 0 Å². The molecular formula is C14H20ClN3O2. The summed E-state index contributed by atoms with van der Waals surface area (Å²) in [5.41, 5.74) is 1.04. The van der Waals surface area contributed by atoms with Crippen LogP contribution in [0, 0.1) is 5.92 Å². The van der Waals surface area contributed by atoms with E-state index in [0.29, 0.717) is 19.6 Å². The van der Waals surface area contributed by atoms with Crippen molar-refractivity contribution < 1.29 is 9.59 Å². The number of benzene rings is 1. The fourth-order valence-corrected chi connectivity index (χ4v) is 1.81. The molecule has 0 radical (unpaired) electrons. The van der Waals surface area contributed by atoms with Crippen molar-refractivity contribution in [1.82, 2.24) is 16.0 Å². The molecular weight excluding hydrogens is 278 g/mol. The van der Waals surface area contributed by atoms with Gasteiger partial charge in [0.1, 0.15) is 6.04 Å². The molecule has 2 rings (SSSR count). The normalized spacial score (nSPS) is 15.4. The molecule has 110 valence electrons. The lowest BCUT2D eigenvalue weighted by Gasteiger charge is -2.27. The summed E-state index contributed by atoms with van der Waals surface area (Å²) in [6.45, 7) is 3.57. The molecule has 1 unspecified atom stereocenters. The second-order valence-electron chi connectivity index (χ2n) is 4.79. The first-order valence-corrected chi connectivity index (χ1v) is 6.49. The molecule has 1 fully saturated rings. The number of carbonyl (C=O) groups excluding carboxylic acids is 2. The van der Waals surface area contributed by atoms with Gasteiger partial charge >= 0.3 is 0 Å². The van der Waals surface area contributed by atoms with Gasteiger partial charge in [0.15, 0.2) is 0 Å². The summed E-state index contributed by atoms with van der Waals surface area (Å²) in [5, 5.41) is 8.57. The summed E-state index contributed by atoms with van der Waals surface area (Å²) in [7, 11) is 0. The molecule has 6 heteroatoms. The highest BCUT2D eigenvalue weighted by atomic mass is 35.5. The molecule has 0 bridgehead atoms. The number of halogens is 1. The molecule has 0 spiro atoms. The summed E-state index contributed by atoms with van der Waals surface area (Å²) in [5.74, 6) is -0.213. The number of nitrogens with one attached hydrogen (secondary N) is 3. The monoisotopic (exact) mass is 297 g/mol. The Morgan fingerprint density at radius 3 is 2.50 bits per heavy atom. The second-order valence-corrected chi connectivity index (χ2v) is 4.79. The van der Waals surface area contributed by atoms with Crippen molar-refractivity contribution in [2.75, 3.05) is 13.1 Å². The van der Waals surface area contributed by atoms with E-state index in [0.717, 1.165) is 5.56 Å². The van der Waals surface area contributed by atoms with Gasteiger partial charge in [0, 0.05) is 19.6 Å². The molecule has 1 aliphatic rings. The maximum Gasteiger partial charge on any atom is 0.242 e. The van der Waals surface area contributed by atoms with E-state index in [1.165, 1.54) is 0 Å². The van der Waals surface area contributed by atoms with E-state index in [1.54, 1.807) is 6.92 Å². The van der Waals surface area contributed by atoms with Crippen molar-refractivity contribution in [3.63, 3.8) is 0 Å². The van der Waals surface area contributed by atoms with Gasteiger partial charge < -0.3 is 16.0 Å². The summed E-state index contributed by atoms with van der Waals surface area (Å²) >= 11 is 0. The molecule has 0 aromatic heterocycles. The number of carbonyl (C=O) groups is 2. The lowest BCUT2D eigenvalue weighted by Crippen LogP contribution is -2.54. The lowest BCUT2D eigenvalue weighted by atomic mass is 10.0. The molecule has 1 aromatic rings. The van der Waals surface area contributed by atoms with Crippen LogP contribution in [-0.4, -0.2) is 30.9 Å². The fraction of sp³-hybridized carbons (Fsp3) is 0.429. The number of rotatable bonds is 5. The van der Waals surface area contributed by atoms with Crippen LogP contribution in [0.1, 0.15) is 12.5 Å². The first kappa shape index (κ1) is 16.5. The van der Waals surface area contributed by atoms with E-state index in [4.69, 9.17) is 0 Å². The van der Waals surface area contributed by atoms with Crippen molar-refractivity contribution in [3.8, 4) is 0 Å². The zero-order valence-electron chi connectivity index (χ0n) is 11.4. The minimum Gasteiger partial charge on any atom is -0.350 e. The van der Waals surface area contributed by atoms with Gasteiger partial charge in [-0.1, -0.05) is 30.3 Å². The Morgan fingerprint density at radius 2 is 1.95 bits per heavy atom. The van der Waals surface area contributed by atoms with Crippen LogP contribution < -0.4 is 16.0 Å². The molecule has 1 atom stereocenters. The molecule has 5 nitrogen and oxygen atoms in total. The van der Waals surface area contributed by atoms with Gasteiger partial charge in [0.05, 0.1) is 5.92 Å². The minimum atomic E-state index is -0.503. The molecule has 1 aromatic carbocycles. The number of amides is 2. The third-order valence-corrected chi connectivity index (χ3v) is 3.21. The van der Waals surface area contributed by atoms with E-state index < -0.39 is 6.04 Å². The van der Waals surface area contributed by atoms with Gasteiger partial charge in [-0.05, 0) is 12.5 Å². The van der Waals surface area contributed by atoms with Crippen LogP contribution in [0.25, 0.3) is 0 Å². The first-order valence-electron chi connectivity index (χ1n) is 6.49. The average molecular weight is 298 g/mol. The van der Waals surface area contributed by atoms with E-state index >= 15 is 0 Å². The van der Waals surface area contributed by atoms with Gasteiger partial charge in [-0.15, -0.1) is 12.4 Å². The topological polar surface area (TPSA) is 70.2 Å². The van der Waals surface area contributed by atoms with E-state index in [-0.39, 0.29) is 30.1 Å². The molecule has 0 aliphatic carbocycles. The van der Waals surface area contributed by atoms with Crippen LogP contribution in [-0.2, 0) is 16.1 Å². The van der Waals surface area contributed by atoms with Crippen LogP contribution in [0.2, 0.25) is 0 Å². The van der Waals surface area contributed by atoms with E-state index in [9.17, 15) is 9.59 Å². The Balaban J connectivity index is 0.00000200. The Morgan fingerprint density at radius 1 is 1.30 bits per heavy atom. The Hall–Kier alpha value is -1.59. The Labute approximate surface area is 124 Å². The van der Waals surface area contributed by atoms with Gasteiger partial charge in [-0.2, -0.15) is 0 Å². The van der Waals surface area contributed by atoms with Crippen LogP contribution in [0.4, 0.5) is 0 Å². The summed E-state index contributed by atoms with van der Waals surface area (Å²) in [4.78, 5) is 23.5. The van der Waals surface area contributed by atoms with Crippen LogP contribution in [0.5, 0.6) is 0 Å². The average Bonchev–Trinajstić information content (AvgIpc) is 2.34. The zero-order valence-corrected chi connectivity index (χ0v) is 12.2. The van der Waals surface area contributed by atoms with E-state index in [2.05, 4.69) is 16.0 Å². The van der Waals surface area contributed by atoms with Crippen molar-refractivity contribution in [2.24, 2.45) is 5.92 Å². The first-order chi connectivity index (χ1) is 9.16. The quantitative estimate of drug-likeness (QED) is 0.739. The zero-order chi connectivity index (χ0) is 13.7. The van der Waals surface area contributed by atoms with Crippen molar-refractivity contribution >= 4 is 24.2 Å². The molecule has 1 heterocycles. The third-order valence-electron chi connectivity index (χ3n) is 3.21. The largest absolute Gasteiger partial charge is 0.350 e. The number of hydrogen-bond donors (Lipinski definition) is 3. The molecule has 0 saturated carbocycles. The van der Waals surface area contributed by atoms with Gasteiger partial charge in [-0.25, -0.2) is 0 Å². The summed E-state index contributed by atoms with van der Waals surface area (Å²) in [6.07, 6.45) is 0. The Bertz CT molecular complexity index is 449. The molecule has 2 amide bonds. The molecule has 3 N–H and O–H groups in total. The highest BCUT2D eigenvalue weighted by Crippen LogP contribution is 2.03. The van der Waals surface area contributed by atoms with Gasteiger partial charge in [0.25, 0.3) is 0 Å². The predicted octanol–water partition coefficient (Wildman–Crippen LogP) is 0.449. The molecule has 1 saturated heterocycles. The molecule has 20 heavy (non-hydrogen) atoms. The third kappa shape index (κ3) is 4.51. The van der Waals surface area contributed by atoms with Crippen molar-refractivity contribution in [3.05, 3.63) is 35.9 Å². The van der Waals surface area contributed by atoms with Crippen LogP contribution >= 0.6 is 12.4 Å². The van der Waals surface area contributed by atoms with Gasteiger partial charge in [-0.3, -0.25) is 9.59 Å². The highest BCUT2D eigenvalue weighted by Gasteiger charge is 2.27.